The van der Waals surface area contributed by atoms with Crippen molar-refractivity contribution in [2.45, 2.75) is 18.4 Å². The van der Waals surface area contributed by atoms with Crippen LogP contribution in [0, 0.1) is 5.82 Å². The van der Waals surface area contributed by atoms with Crippen molar-refractivity contribution < 1.29 is 23.8 Å². The zero-order valence-electron chi connectivity index (χ0n) is 15.9. The summed E-state index contributed by atoms with van der Waals surface area (Å²) in [5, 5.41) is 11.8. The molecule has 1 heterocycles. The Bertz CT molecular complexity index is 1060. The molecule has 1 aliphatic rings. The molecule has 6 nitrogen and oxygen atoms in total. The first kappa shape index (κ1) is 19.6. The molecule has 0 bridgehead atoms. The number of aromatic nitrogens is 1. The van der Waals surface area contributed by atoms with Crippen LogP contribution in [-0.4, -0.2) is 34.8 Å². The smallest absolute Gasteiger partial charge is 0.407 e. The van der Waals surface area contributed by atoms with Gasteiger partial charge in [-0.05, 0) is 33.9 Å². The fourth-order valence-electron chi connectivity index (χ4n) is 3.79. The third-order valence-corrected chi connectivity index (χ3v) is 5.14. The van der Waals surface area contributed by atoms with Crippen molar-refractivity contribution in [2.75, 3.05) is 6.61 Å². The van der Waals surface area contributed by atoms with E-state index in [4.69, 9.17) is 4.74 Å². The van der Waals surface area contributed by atoms with Crippen LogP contribution in [0.5, 0.6) is 0 Å². The van der Waals surface area contributed by atoms with Crippen LogP contribution < -0.4 is 5.32 Å². The maximum atomic E-state index is 13.3. The molecule has 0 fully saturated rings. The van der Waals surface area contributed by atoms with Crippen LogP contribution in [0.15, 0.2) is 67.0 Å². The molecule has 0 aliphatic heterocycles. The number of amides is 1. The Kier molecular flexibility index (Phi) is 5.43. The van der Waals surface area contributed by atoms with E-state index in [2.05, 4.69) is 10.3 Å². The van der Waals surface area contributed by atoms with Gasteiger partial charge < -0.3 is 15.2 Å². The topological polar surface area (TPSA) is 88.5 Å². The zero-order valence-corrected chi connectivity index (χ0v) is 15.9. The number of carboxylic acid groups (broad SMARTS) is 1. The Labute approximate surface area is 172 Å². The normalized spacial score (nSPS) is 13.2. The van der Waals surface area contributed by atoms with E-state index in [1.807, 2.05) is 48.5 Å². The van der Waals surface area contributed by atoms with Crippen molar-refractivity contribution in [3.63, 3.8) is 0 Å². The largest absolute Gasteiger partial charge is 0.480 e. The Hall–Kier alpha value is -3.74. The van der Waals surface area contributed by atoms with E-state index in [9.17, 15) is 19.1 Å². The molecule has 0 saturated carbocycles. The van der Waals surface area contributed by atoms with Gasteiger partial charge in [-0.1, -0.05) is 48.5 Å². The minimum atomic E-state index is -1.26. The van der Waals surface area contributed by atoms with Gasteiger partial charge in [0.1, 0.15) is 18.5 Å². The maximum absolute atomic E-state index is 13.3. The van der Waals surface area contributed by atoms with E-state index >= 15 is 0 Å². The second kappa shape index (κ2) is 8.32. The number of ether oxygens (including phenoxy) is 1. The highest BCUT2D eigenvalue weighted by Gasteiger charge is 2.29. The van der Waals surface area contributed by atoms with Gasteiger partial charge in [0.15, 0.2) is 0 Å². The summed E-state index contributed by atoms with van der Waals surface area (Å²) in [6, 6.07) is 15.8. The van der Waals surface area contributed by atoms with Gasteiger partial charge >= 0.3 is 12.1 Å². The van der Waals surface area contributed by atoms with Crippen LogP contribution >= 0.6 is 0 Å². The summed E-state index contributed by atoms with van der Waals surface area (Å²) in [5.74, 6) is -1.94. The molecular formula is C23H19FN2O4. The Morgan fingerprint density at radius 2 is 1.70 bits per heavy atom. The van der Waals surface area contributed by atoms with Gasteiger partial charge in [-0.15, -0.1) is 0 Å². The van der Waals surface area contributed by atoms with Crippen LogP contribution in [0.25, 0.3) is 11.1 Å². The standard InChI is InChI=1S/C23H19FN2O4/c24-15-9-14(11-25-12-15)10-21(22(27)28)26-23(29)30-13-20-18-7-3-1-5-16(18)17-6-2-4-8-19(17)20/h1-9,11-12,20-21H,10,13H2,(H,26,29)(H,27,28)/t21-/m0/s1. The lowest BCUT2D eigenvalue weighted by Crippen LogP contribution is -2.43. The van der Waals surface area contributed by atoms with Gasteiger partial charge in [0, 0.05) is 18.5 Å². The highest BCUT2D eigenvalue weighted by molar-refractivity contribution is 5.81. The summed E-state index contributed by atoms with van der Waals surface area (Å²) in [4.78, 5) is 27.5. The lowest BCUT2D eigenvalue weighted by atomic mass is 9.98. The number of carbonyl (C=O) groups excluding carboxylic acids is 1. The number of nitrogens with zero attached hydrogens (tertiary/aromatic N) is 1. The first-order chi connectivity index (χ1) is 14.5. The van der Waals surface area contributed by atoms with Gasteiger partial charge in [-0.3, -0.25) is 4.98 Å². The number of alkyl carbamates (subject to hydrolysis) is 1. The van der Waals surface area contributed by atoms with Crippen LogP contribution in [-0.2, 0) is 16.0 Å². The molecule has 0 unspecified atom stereocenters. The second-order valence-corrected chi connectivity index (χ2v) is 7.08. The number of carbonyl (C=O) groups is 2. The minimum Gasteiger partial charge on any atom is -0.480 e. The number of nitrogens with one attached hydrogen (secondary N) is 1. The molecule has 2 aromatic carbocycles. The molecule has 30 heavy (non-hydrogen) atoms. The predicted octanol–water partition coefficient (Wildman–Crippen LogP) is 3.76. The van der Waals surface area contributed by atoms with E-state index in [1.54, 1.807) is 0 Å². The van der Waals surface area contributed by atoms with Crippen molar-refractivity contribution in [3.05, 3.63) is 89.5 Å². The van der Waals surface area contributed by atoms with Gasteiger partial charge in [0.25, 0.3) is 0 Å². The average molecular weight is 406 g/mol. The number of rotatable bonds is 6. The van der Waals surface area contributed by atoms with Crippen molar-refractivity contribution in [1.82, 2.24) is 10.3 Å². The highest BCUT2D eigenvalue weighted by Crippen LogP contribution is 2.44. The molecular weight excluding hydrogens is 387 g/mol. The van der Waals surface area contributed by atoms with Crippen LogP contribution in [0.2, 0.25) is 0 Å². The van der Waals surface area contributed by atoms with Gasteiger partial charge in [-0.25, -0.2) is 14.0 Å². The van der Waals surface area contributed by atoms with Crippen LogP contribution in [0.1, 0.15) is 22.6 Å². The van der Waals surface area contributed by atoms with Gasteiger partial charge in [0.05, 0.1) is 6.20 Å². The number of pyridine rings is 1. The minimum absolute atomic E-state index is 0.0771. The molecule has 3 aromatic rings. The molecule has 0 saturated heterocycles. The van der Waals surface area contributed by atoms with Gasteiger partial charge in [0.2, 0.25) is 0 Å². The molecule has 1 amide bonds. The van der Waals surface area contributed by atoms with Crippen molar-refractivity contribution >= 4 is 12.1 Å². The molecule has 0 spiro atoms. The quantitative estimate of drug-likeness (QED) is 0.651. The Morgan fingerprint density at radius 3 is 2.30 bits per heavy atom. The Morgan fingerprint density at radius 1 is 1.07 bits per heavy atom. The summed E-state index contributed by atoms with van der Waals surface area (Å²) >= 11 is 0. The molecule has 0 radical (unpaired) electrons. The summed E-state index contributed by atoms with van der Waals surface area (Å²) in [7, 11) is 0. The zero-order chi connectivity index (χ0) is 21.1. The number of carboxylic acids is 1. The molecule has 1 aromatic heterocycles. The molecule has 152 valence electrons. The molecule has 2 N–H and O–H groups in total. The first-order valence-electron chi connectivity index (χ1n) is 9.46. The fourth-order valence-corrected chi connectivity index (χ4v) is 3.79. The third kappa shape index (κ3) is 4.00. The van der Waals surface area contributed by atoms with Crippen molar-refractivity contribution in [3.8, 4) is 11.1 Å². The maximum Gasteiger partial charge on any atom is 0.407 e. The van der Waals surface area contributed by atoms with E-state index in [-0.39, 0.29) is 18.9 Å². The Balaban J connectivity index is 1.43. The summed E-state index contributed by atoms with van der Waals surface area (Å²) < 4.78 is 18.7. The number of hydrogen-bond acceptors (Lipinski definition) is 4. The molecule has 1 atom stereocenters. The number of hydrogen-bond donors (Lipinski definition) is 2. The third-order valence-electron chi connectivity index (χ3n) is 5.14. The number of halogens is 1. The SMILES string of the molecule is O=C(N[C@@H](Cc1cncc(F)c1)C(=O)O)OCC1c2ccccc2-c2ccccc21. The fraction of sp³-hybridized carbons (Fsp3) is 0.174. The lowest BCUT2D eigenvalue weighted by molar-refractivity contribution is -0.139. The molecule has 1 aliphatic carbocycles. The highest BCUT2D eigenvalue weighted by atomic mass is 19.1. The van der Waals surface area contributed by atoms with E-state index in [0.29, 0.717) is 5.56 Å². The van der Waals surface area contributed by atoms with E-state index in [1.165, 1.54) is 12.3 Å². The lowest BCUT2D eigenvalue weighted by Gasteiger charge is -2.17. The summed E-state index contributed by atoms with van der Waals surface area (Å²) in [6.07, 6.45) is 1.44. The number of fused-ring (bicyclic) bond motifs is 3. The van der Waals surface area contributed by atoms with Crippen molar-refractivity contribution in [1.29, 1.82) is 0 Å². The number of benzene rings is 2. The molecule has 4 rings (SSSR count). The summed E-state index contributed by atoms with van der Waals surface area (Å²) in [5.41, 5.74) is 4.69. The van der Waals surface area contributed by atoms with Gasteiger partial charge in [-0.2, -0.15) is 0 Å². The predicted molar refractivity (Wildman–Crippen MR) is 108 cm³/mol. The van der Waals surface area contributed by atoms with Crippen LogP contribution in [0.3, 0.4) is 0 Å². The first-order valence-corrected chi connectivity index (χ1v) is 9.46. The molecule has 7 heteroatoms. The second-order valence-electron chi connectivity index (χ2n) is 7.08. The summed E-state index contributed by atoms with van der Waals surface area (Å²) in [6.45, 7) is 0.0771. The average Bonchev–Trinajstić information content (AvgIpc) is 3.06. The van der Waals surface area contributed by atoms with E-state index in [0.717, 1.165) is 28.5 Å². The van der Waals surface area contributed by atoms with Crippen LogP contribution in [0.4, 0.5) is 9.18 Å². The van der Waals surface area contributed by atoms with E-state index < -0.39 is 23.9 Å². The van der Waals surface area contributed by atoms with Crippen molar-refractivity contribution in [2.24, 2.45) is 0 Å². The number of aliphatic carboxylic acids is 1. The monoisotopic (exact) mass is 406 g/mol.